The molecule has 7 heteroatoms. The Balaban J connectivity index is 2.65. The molecule has 0 aliphatic heterocycles. The smallest absolute Gasteiger partial charge is 0.347 e. The number of hydrogen-bond acceptors (Lipinski definition) is 5. The highest BCUT2D eigenvalue weighted by Crippen LogP contribution is 2.18. The number of carbonyl (C=O) groups is 2. The third-order valence-corrected chi connectivity index (χ3v) is 2.61. The van der Waals surface area contributed by atoms with E-state index in [4.69, 9.17) is 5.11 Å². The average Bonchev–Trinajstić information content (AvgIpc) is 2.65. The summed E-state index contributed by atoms with van der Waals surface area (Å²) in [6.45, 7) is 1.67. The quantitative estimate of drug-likeness (QED) is 0.694. The summed E-state index contributed by atoms with van der Waals surface area (Å²) in [5.41, 5.74) is 0. The van der Waals surface area contributed by atoms with E-state index in [1.54, 1.807) is 6.92 Å². The zero-order valence-electron chi connectivity index (χ0n) is 8.27. The molecule has 1 atom stereocenters. The van der Waals surface area contributed by atoms with Crippen molar-refractivity contribution in [2.24, 2.45) is 0 Å². The second kappa shape index (κ2) is 4.74. The zero-order chi connectivity index (χ0) is 11.4. The van der Waals surface area contributed by atoms with Crippen LogP contribution in [0.3, 0.4) is 0 Å². The minimum Gasteiger partial charge on any atom is -0.477 e. The fourth-order valence-electron chi connectivity index (χ4n) is 0.907. The highest BCUT2D eigenvalue weighted by molar-refractivity contribution is 7.17. The fourth-order valence-corrected chi connectivity index (χ4v) is 1.65. The van der Waals surface area contributed by atoms with Gasteiger partial charge in [-0.1, -0.05) is 11.3 Å². The lowest BCUT2D eigenvalue weighted by Gasteiger charge is -2.10. The minimum atomic E-state index is -1.02. The molecule has 0 fully saturated rings. The summed E-state index contributed by atoms with van der Waals surface area (Å²) in [5.74, 6) is -1.20. The molecule has 1 heterocycles. The van der Waals surface area contributed by atoms with Crippen LogP contribution in [0.5, 0.6) is 0 Å². The molecule has 0 saturated carbocycles. The van der Waals surface area contributed by atoms with Crippen LogP contribution in [0.15, 0.2) is 6.20 Å². The van der Waals surface area contributed by atoms with E-state index in [1.165, 1.54) is 13.2 Å². The third-order valence-electron chi connectivity index (χ3n) is 1.70. The number of carbonyl (C=O) groups excluding carboxylic acids is 1. The lowest BCUT2D eigenvalue weighted by atomic mass is 10.3. The van der Waals surface area contributed by atoms with Crippen molar-refractivity contribution in [3.8, 4) is 0 Å². The number of carboxylic acids is 1. The summed E-state index contributed by atoms with van der Waals surface area (Å²) in [7, 11) is 1.53. The van der Waals surface area contributed by atoms with Gasteiger partial charge in [-0.15, -0.1) is 0 Å². The molecule has 15 heavy (non-hydrogen) atoms. The molecule has 3 N–H and O–H groups in total. The first kappa shape index (κ1) is 11.4. The first-order valence-corrected chi connectivity index (χ1v) is 5.03. The topological polar surface area (TPSA) is 91.3 Å². The van der Waals surface area contributed by atoms with Crippen LogP contribution in [-0.2, 0) is 4.79 Å². The number of thiazole rings is 1. The second-order valence-corrected chi connectivity index (χ2v) is 3.85. The Morgan fingerprint density at radius 3 is 2.73 bits per heavy atom. The van der Waals surface area contributed by atoms with E-state index in [-0.39, 0.29) is 10.8 Å². The molecule has 1 unspecified atom stereocenters. The van der Waals surface area contributed by atoms with Gasteiger partial charge in [0, 0.05) is 7.05 Å². The lowest BCUT2D eigenvalue weighted by molar-refractivity contribution is -0.121. The number of aromatic carboxylic acids is 1. The molecule has 1 aromatic heterocycles. The summed E-state index contributed by atoms with van der Waals surface area (Å²) >= 11 is 0.995. The highest BCUT2D eigenvalue weighted by atomic mass is 32.1. The molecule has 1 amide bonds. The Hall–Kier alpha value is -1.63. The maximum Gasteiger partial charge on any atom is 0.347 e. The Labute approximate surface area is 90.3 Å². The number of hydrogen-bond donors (Lipinski definition) is 3. The Morgan fingerprint density at radius 1 is 1.60 bits per heavy atom. The Bertz CT molecular complexity index is 377. The molecular weight excluding hydrogens is 218 g/mol. The van der Waals surface area contributed by atoms with Crippen molar-refractivity contribution >= 4 is 28.3 Å². The SMILES string of the molecule is CNC(=O)C(C)Nc1ncc(C(=O)O)s1. The summed E-state index contributed by atoms with van der Waals surface area (Å²) in [4.78, 5) is 25.7. The molecule has 0 radical (unpaired) electrons. The number of aromatic nitrogens is 1. The van der Waals surface area contributed by atoms with Crippen molar-refractivity contribution < 1.29 is 14.7 Å². The minimum absolute atomic E-state index is 0.140. The molecule has 1 aromatic rings. The number of nitrogens with zero attached hydrogens (tertiary/aromatic N) is 1. The van der Waals surface area contributed by atoms with Crippen LogP contribution in [0, 0.1) is 0 Å². The van der Waals surface area contributed by atoms with Gasteiger partial charge in [0.05, 0.1) is 6.20 Å². The molecule has 82 valence electrons. The summed E-state index contributed by atoms with van der Waals surface area (Å²) in [5, 5.41) is 14.3. The van der Waals surface area contributed by atoms with Gasteiger partial charge < -0.3 is 15.7 Å². The van der Waals surface area contributed by atoms with Crippen LogP contribution < -0.4 is 10.6 Å². The van der Waals surface area contributed by atoms with Gasteiger partial charge in [0.1, 0.15) is 10.9 Å². The summed E-state index contributed by atoms with van der Waals surface area (Å²) in [6.07, 6.45) is 1.26. The molecule has 6 nitrogen and oxygen atoms in total. The molecule has 0 aliphatic carbocycles. The van der Waals surface area contributed by atoms with Gasteiger partial charge >= 0.3 is 5.97 Å². The number of nitrogens with one attached hydrogen (secondary N) is 2. The number of likely N-dealkylation sites (N-methyl/N-ethyl adjacent to an activating group) is 1. The molecular formula is C8H11N3O3S. The van der Waals surface area contributed by atoms with Crippen molar-refractivity contribution in [3.05, 3.63) is 11.1 Å². The number of rotatable bonds is 4. The summed E-state index contributed by atoms with van der Waals surface area (Å²) in [6, 6.07) is -0.442. The fraction of sp³-hybridized carbons (Fsp3) is 0.375. The largest absolute Gasteiger partial charge is 0.477 e. The van der Waals surface area contributed by atoms with Crippen LogP contribution in [0.2, 0.25) is 0 Å². The summed E-state index contributed by atoms with van der Waals surface area (Å²) < 4.78 is 0. The van der Waals surface area contributed by atoms with Crippen LogP contribution in [-0.4, -0.2) is 35.1 Å². The van der Waals surface area contributed by atoms with Gasteiger partial charge in [0.15, 0.2) is 5.13 Å². The lowest BCUT2D eigenvalue weighted by Crippen LogP contribution is -2.35. The van der Waals surface area contributed by atoms with Crippen LogP contribution in [0.1, 0.15) is 16.6 Å². The molecule has 0 aromatic carbocycles. The first-order valence-electron chi connectivity index (χ1n) is 4.22. The molecule has 0 saturated heterocycles. The first-order chi connectivity index (χ1) is 7.04. The second-order valence-electron chi connectivity index (χ2n) is 2.82. The molecule has 0 spiro atoms. The van der Waals surface area contributed by atoms with Gasteiger partial charge in [-0.2, -0.15) is 0 Å². The number of amides is 1. The van der Waals surface area contributed by atoms with E-state index in [2.05, 4.69) is 15.6 Å². The van der Waals surface area contributed by atoms with Gasteiger partial charge in [0.2, 0.25) is 5.91 Å². The van der Waals surface area contributed by atoms with Crippen LogP contribution in [0.25, 0.3) is 0 Å². The van der Waals surface area contributed by atoms with Crippen molar-refractivity contribution in [2.45, 2.75) is 13.0 Å². The van der Waals surface area contributed by atoms with Crippen molar-refractivity contribution in [3.63, 3.8) is 0 Å². The maximum absolute atomic E-state index is 11.1. The predicted molar refractivity (Wildman–Crippen MR) is 56.2 cm³/mol. The van der Waals surface area contributed by atoms with E-state index >= 15 is 0 Å². The number of anilines is 1. The van der Waals surface area contributed by atoms with E-state index in [9.17, 15) is 9.59 Å². The van der Waals surface area contributed by atoms with E-state index in [0.29, 0.717) is 5.13 Å². The van der Waals surface area contributed by atoms with Crippen molar-refractivity contribution in [1.82, 2.24) is 10.3 Å². The van der Waals surface area contributed by atoms with E-state index < -0.39 is 12.0 Å². The third kappa shape index (κ3) is 2.91. The molecule has 0 aliphatic rings. The maximum atomic E-state index is 11.1. The standard InChI is InChI=1S/C8H11N3O3S/c1-4(6(12)9-2)11-8-10-3-5(15-8)7(13)14/h3-4H,1-2H3,(H,9,12)(H,10,11)(H,13,14). The van der Waals surface area contributed by atoms with Gasteiger partial charge in [-0.3, -0.25) is 4.79 Å². The van der Waals surface area contributed by atoms with Gasteiger partial charge in [0.25, 0.3) is 0 Å². The number of carboxylic acid groups (broad SMARTS) is 1. The van der Waals surface area contributed by atoms with Gasteiger partial charge in [-0.25, -0.2) is 9.78 Å². The van der Waals surface area contributed by atoms with Crippen molar-refractivity contribution in [1.29, 1.82) is 0 Å². The monoisotopic (exact) mass is 229 g/mol. The Morgan fingerprint density at radius 2 is 2.27 bits per heavy atom. The van der Waals surface area contributed by atoms with Crippen molar-refractivity contribution in [2.75, 3.05) is 12.4 Å². The van der Waals surface area contributed by atoms with Gasteiger partial charge in [-0.05, 0) is 6.92 Å². The van der Waals surface area contributed by atoms with Crippen LogP contribution in [0.4, 0.5) is 5.13 Å². The highest BCUT2D eigenvalue weighted by Gasteiger charge is 2.14. The molecule has 1 rings (SSSR count). The van der Waals surface area contributed by atoms with E-state index in [0.717, 1.165) is 11.3 Å². The molecule has 0 bridgehead atoms. The zero-order valence-corrected chi connectivity index (χ0v) is 9.09. The van der Waals surface area contributed by atoms with Crippen LogP contribution >= 0.6 is 11.3 Å². The van der Waals surface area contributed by atoms with E-state index in [1.807, 2.05) is 0 Å². The normalized spacial score (nSPS) is 11.9. The average molecular weight is 229 g/mol. The Kier molecular flexibility index (Phi) is 3.62. The predicted octanol–water partition coefficient (Wildman–Crippen LogP) is 0.388.